The van der Waals surface area contributed by atoms with Gasteiger partial charge in [0.2, 0.25) is 0 Å². The zero-order valence-electron chi connectivity index (χ0n) is 15.7. The van der Waals surface area contributed by atoms with E-state index >= 15 is 0 Å². The lowest BCUT2D eigenvalue weighted by molar-refractivity contribution is 0.448. The van der Waals surface area contributed by atoms with E-state index in [9.17, 15) is 0 Å². The van der Waals surface area contributed by atoms with E-state index in [0.29, 0.717) is 21.1 Å². The van der Waals surface area contributed by atoms with Crippen molar-refractivity contribution in [3.8, 4) is 5.69 Å². The quantitative estimate of drug-likeness (QED) is 0.336. The summed E-state index contributed by atoms with van der Waals surface area (Å²) in [6, 6.07) is 17.7. The van der Waals surface area contributed by atoms with Crippen LogP contribution in [0, 0.1) is 6.92 Å². The van der Waals surface area contributed by atoms with Crippen molar-refractivity contribution in [3.63, 3.8) is 0 Å². The minimum absolute atomic E-state index is 0.286. The fourth-order valence-corrected chi connectivity index (χ4v) is 4.97. The lowest BCUT2D eigenvalue weighted by Gasteiger charge is -2.39. The summed E-state index contributed by atoms with van der Waals surface area (Å²) in [5.41, 5.74) is 3.74. The highest BCUT2D eigenvalue weighted by Crippen LogP contribution is 2.48. The summed E-state index contributed by atoms with van der Waals surface area (Å²) in [5, 5.41) is 5.98. The van der Waals surface area contributed by atoms with Gasteiger partial charge in [0, 0.05) is 10.0 Å². The molecule has 2 aliphatic rings. The van der Waals surface area contributed by atoms with Crippen molar-refractivity contribution in [3.05, 3.63) is 97.2 Å². The van der Waals surface area contributed by atoms with Gasteiger partial charge in [-0.2, -0.15) is 5.10 Å². The maximum atomic E-state index is 6.68. The van der Waals surface area contributed by atoms with E-state index in [0.717, 1.165) is 32.8 Å². The van der Waals surface area contributed by atoms with Crippen LogP contribution in [0.2, 0.25) is 0 Å². The molecule has 30 heavy (non-hydrogen) atoms. The third-order valence-corrected chi connectivity index (χ3v) is 6.64. The minimum Gasteiger partial charge on any atom is -0.302 e. The molecule has 1 atom stereocenters. The Balaban J connectivity index is 1.82. The Morgan fingerprint density at radius 3 is 2.50 bits per heavy atom. The van der Waals surface area contributed by atoms with E-state index in [1.807, 2.05) is 65.0 Å². The van der Waals surface area contributed by atoms with Gasteiger partial charge in [-0.3, -0.25) is 0 Å². The number of aliphatic imine (C=N–C) groups is 1. The number of aromatic nitrogens is 2. The molecule has 150 valence electrons. The summed E-state index contributed by atoms with van der Waals surface area (Å²) in [6.07, 6.45) is 1.62. The SMILES string of the molecule is Cc1nn(-c2ccccc2)c2c1C(c1cccc(Br)c1)N1C(=N2)C(Cl)=CC(Cl)=C1Cl. The molecule has 4 nitrogen and oxygen atoms in total. The largest absolute Gasteiger partial charge is 0.302 e. The first kappa shape index (κ1) is 19.9. The van der Waals surface area contributed by atoms with E-state index in [1.54, 1.807) is 6.08 Å². The molecule has 0 N–H and O–H groups in total. The highest BCUT2D eigenvalue weighted by Gasteiger charge is 2.40. The van der Waals surface area contributed by atoms with Gasteiger partial charge >= 0.3 is 0 Å². The second-order valence-corrected chi connectivity index (χ2v) is 9.05. The monoisotopic (exact) mass is 518 g/mol. The molecule has 0 fully saturated rings. The van der Waals surface area contributed by atoms with Crippen LogP contribution in [-0.4, -0.2) is 20.5 Å². The number of para-hydroxylation sites is 1. The maximum absolute atomic E-state index is 6.68. The zero-order chi connectivity index (χ0) is 21.0. The number of benzene rings is 2. The Bertz CT molecular complexity index is 1260. The third-order valence-electron chi connectivity index (χ3n) is 5.09. The second-order valence-electron chi connectivity index (χ2n) is 6.96. The fourth-order valence-electron chi connectivity index (χ4n) is 3.83. The van der Waals surface area contributed by atoms with Gasteiger partial charge in [0.15, 0.2) is 11.7 Å². The van der Waals surface area contributed by atoms with Crippen molar-refractivity contribution >= 4 is 62.4 Å². The topological polar surface area (TPSA) is 33.4 Å². The second kappa shape index (κ2) is 7.57. The number of halogens is 4. The number of amidine groups is 1. The Kier molecular flexibility index (Phi) is 5.02. The Hall–Kier alpha value is -2.05. The summed E-state index contributed by atoms with van der Waals surface area (Å²) in [4.78, 5) is 6.76. The van der Waals surface area contributed by atoms with Gasteiger partial charge in [0.25, 0.3) is 0 Å². The number of nitrogens with zero attached hydrogens (tertiary/aromatic N) is 4. The molecule has 1 unspecified atom stereocenters. The van der Waals surface area contributed by atoms with Gasteiger partial charge in [-0.1, -0.05) is 81.1 Å². The van der Waals surface area contributed by atoms with Crippen LogP contribution in [0.1, 0.15) is 22.9 Å². The van der Waals surface area contributed by atoms with Crippen molar-refractivity contribution < 1.29 is 0 Å². The van der Waals surface area contributed by atoms with Crippen LogP contribution < -0.4 is 0 Å². The van der Waals surface area contributed by atoms with Crippen LogP contribution in [0.3, 0.4) is 0 Å². The number of hydrogen-bond acceptors (Lipinski definition) is 3. The first-order valence-corrected chi connectivity index (χ1v) is 11.1. The van der Waals surface area contributed by atoms with Crippen molar-refractivity contribution in [2.24, 2.45) is 4.99 Å². The molecule has 0 saturated carbocycles. The molecule has 8 heteroatoms. The molecule has 0 saturated heterocycles. The molecule has 0 aliphatic carbocycles. The van der Waals surface area contributed by atoms with Crippen LogP contribution in [0.5, 0.6) is 0 Å². The van der Waals surface area contributed by atoms with Gasteiger partial charge in [-0.15, -0.1) is 0 Å². The molecule has 0 spiro atoms. The number of aryl methyl sites for hydroxylation is 1. The summed E-state index contributed by atoms with van der Waals surface area (Å²) >= 11 is 23.2. The normalized spacial score (nSPS) is 18.0. The number of allylic oxidation sites excluding steroid dienone is 2. The van der Waals surface area contributed by atoms with Gasteiger partial charge in [-0.05, 0) is 42.8 Å². The molecule has 0 radical (unpaired) electrons. The number of fused-ring (bicyclic) bond motifs is 2. The Morgan fingerprint density at radius 2 is 1.77 bits per heavy atom. The average Bonchev–Trinajstić information content (AvgIpc) is 3.08. The lowest BCUT2D eigenvalue weighted by atomic mass is 9.94. The van der Waals surface area contributed by atoms with E-state index in [2.05, 4.69) is 22.0 Å². The average molecular weight is 521 g/mol. The molecular formula is C22H14BrCl3N4. The van der Waals surface area contributed by atoms with Crippen molar-refractivity contribution in [2.75, 3.05) is 0 Å². The molecule has 5 rings (SSSR count). The Morgan fingerprint density at radius 1 is 1.00 bits per heavy atom. The van der Waals surface area contributed by atoms with Crippen LogP contribution in [0.15, 0.2) is 85.4 Å². The summed E-state index contributed by atoms with van der Waals surface area (Å²) < 4.78 is 2.81. The Labute approximate surface area is 197 Å². The van der Waals surface area contributed by atoms with E-state index in [1.165, 1.54) is 0 Å². The van der Waals surface area contributed by atoms with Gasteiger partial charge in [0.1, 0.15) is 5.16 Å². The third kappa shape index (κ3) is 3.12. The smallest absolute Gasteiger partial charge is 0.164 e. The summed E-state index contributed by atoms with van der Waals surface area (Å²) in [5.74, 6) is 1.27. The summed E-state index contributed by atoms with van der Waals surface area (Å²) in [7, 11) is 0. The number of hydrogen-bond donors (Lipinski definition) is 0. The van der Waals surface area contributed by atoms with Crippen molar-refractivity contribution in [1.82, 2.24) is 14.7 Å². The van der Waals surface area contributed by atoms with Gasteiger partial charge in [0.05, 0.1) is 27.5 Å². The molecule has 0 amide bonds. The highest BCUT2D eigenvalue weighted by atomic mass is 79.9. The predicted molar refractivity (Wildman–Crippen MR) is 126 cm³/mol. The van der Waals surface area contributed by atoms with Crippen LogP contribution in [0.4, 0.5) is 5.82 Å². The first-order valence-electron chi connectivity index (χ1n) is 9.17. The van der Waals surface area contributed by atoms with Gasteiger partial charge in [-0.25, -0.2) is 9.67 Å². The predicted octanol–water partition coefficient (Wildman–Crippen LogP) is 7.16. The molecule has 1 aromatic heterocycles. The maximum Gasteiger partial charge on any atom is 0.164 e. The molecular weight excluding hydrogens is 507 g/mol. The minimum atomic E-state index is -0.286. The fraction of sp³-hybridized carbons (Fsp3) is 0.0909. The van der Waals surface area contributed by atoms with Crippen LogP contribution in [0.25, 0.3) is 5.69 Å². The molecule has 3 aromatic rings. The van der Waals surface area contributed by atoms with Crippen molar-refractivity contribution in [2.45, 2.75) is 13.0 Å². The van der Waals surface area contributed by atoms with Crippen LogP contribution >= 0.6 is 50.7 Å². The molecule has 2 aliphatic heterocycles. The summed E-state index contributed by atoms with van der Waals surface area (Å²) in [6.45, 7) is 1.98. The number of rotatable bonds is 2. The zero-order valence-corrected chi connectivity index (χ0v) is 19.5. The molecule has 2 aromatic carbocycles. The molecule has 3 heterocycles. The highest BCUT2D eigenvalue weighted by molar-refractivity contribution is 9.10. The lowest BCUT2D eigenvalue weighted by Crippen LogP contribution is -2.38. The molecule has 0 bridgehead atoms. The van der Waals surface area contributed by atoms with Gasteiger partial charge < -0.3 is 4.90 Å². The van der Waals surface area contributed by atoms with E-state index in [-0.39, 0.29) is 6.04 Å². The van der Waals surface area contributed by atoms with E-state index in [4.69, 9.17) is 44.9 Å². The van der Waals surface area contributed by atoms with Crippen molar-refractivity contribution in [1.29, 1.82) is 0 Å². The van der Waals surface area contributed by atoms with Crippen LogP contribution in [-0.2, 0) is 0 Å². The first-order chi connectivity index (χ1) is 14.5. The van der Waals surface area contributed by atoms with E-state index < -0.39 is 0 Å². The standard InChI is InChI=1S/C22H14BrCl3N4/c1-12-18-19(13-6-5-7-14(23)10-13)29-20(26)16(24)11-17(25)21(29)27-22(18)30(28-12)15-8-3-2-4-9-15/h2-11,19H,1H3.